The maximum atomic E-state index is 11.9. The van der Waals surface area contributed by atoms with E-state index in [2.05, 4.69) is 10.6 Å². The van der Waals surface area contributed by atoms with E-state index < -0.39 is 23.9 Å². The van der Waals surface area contributed by atoms with E-state index in [4.69, 9.17) is 0 Å². The van der Waals surface area contributed by atoms with Gasteiger partial charge in [0.25, 0.3) is 0 Å². The smallest absolute Gasteiger partial charge is 0.333 e. The third-order valence-corrected chi connectivity index (χ3v) is 5.19. The van der Waals surface area contributed by atoms with Gasteiger partial charge in [0.1, 0.15) is 0 Å². The number of rotatable bonds is 6. The molecular weight excluding hydrogens is 356 g/mol. The largest absolute Gasteiger partial charge is 0.481 e. The van der Waals surface area contributed by atoms with Crippen molar-refractivity contribution in [3.05, 3.63) is 70.9 Å². The standard InChI is InChI=1S/C22H24N2O4/c1-13-7-3-5-9-17(13)23-19-11-16(22(27)28)20(12-15(19)21(25)26)24-18-10-6-4-8-14(18)2/h3-10,15,19,23-24H,11-12H2,1-2H3,(H,25,26)(H,27,28). The molecule has 2 aromatic rings. The summed E-state index contributed by atoms with van der Waals surface area (Å²) in [5, 5.41) is 26.0. The molecule has 0 fully saturated rings. The zero-order valence-corrected chi connectivity index (χ0v) is 15.9. The van der Waals surface area contributed by atoms with Crippen LogP contribution in [0, 0.1) is 19.8 Å². The lowest BCUT2D eigenvalue weighted by Crippen LogP contribution is -2.40. The average Bonchev–Trinajstić information content (AvgIpc) is 2.65. The average molecular weight is 380 g/mol. The predicted octanol–water partition coefficient (Wildman–Crippen LogP) is 4.03. The third kappa shape index (κ3) is 4.17. The number of hydrogen-bond acceptors (Lipinski definition) is 4. The Kier molecular flexibility index (Phi) is 5.68. The van der Waals surface area contributed by atoms with Crippen LogP contribution in [0.5, 0.6) is 0 Å². The highest BCUT2D eigenvalue weighted by atomic mass is 16.4. The van der Waals surface area contributed by atoms with Crippen molar-refractivity contribution >= 4 is 23.3 Å². The van der Waals surface area contributed by atoms with Crippen LogP contribution in [0.25, 0.3) is 0 Å². The van der Waals surface area contributed by atoms with Crippen molar-refractivity contribution in [2.24, 2.45) is 5.92 Å². The molecule has 6 heteroatoms. The zero-order chi connectivity index (χ0) is 20.3. The molecule has 1 aliphatic carbocycles. The Labute approximate surface area is 163 Å². The van der Waals surface area contributed by atoms with Gasteiger partial charge < -0.3 is 20.8 Å². The van der Waals surface area contributed by atoms with Gasteiger partial charge in [0.05, 0.1) is 11.5 Å². The number of aryl methyl sites for hydroxylation is 2. The van der Waals surface area contributed by atoms with Crippen LogP contribution >= 0.6 is 0 Å². The molecule has 0 bridgehead atoms. The molecule has 146 valence electrons. The Morgan fingerprint density at radius 2 is 1.46 bits per heavy atom. The van der Waals surface area contributed by atoms with Crippen molar-refractivity contribution in [3.63, 3.8) is 0 Å². The molecule has 2 aromatic carbocycles. The van der Waals surface area contributed by atoms with Crippen LogP contribution in [0.3, 0.4) is 0 Å². The minimum absolute atomic E-state index is 0.120. The lowest BCUT2D eigenvalue weighted by atomic mass is 9.82. The Morgan fingerprint density at radius 3 is 2.00 bits per heavy atom. The lowest BCUT2D eigenvalue weighted by Gasteiger charge is -2.33. The number of carboxylic acids is 2. The van der Waals surface area contributed by atoms with E-state index in [-0.39, 0.29) is 18.4 Å². The van der Waals surface area contributed by atoms with Gasteiger partial charge >= 0.3 is 11.9 Å². The number of nitrogens with one attached hydrogen (secondary N) is 2. The molecule has 0 heterocycles. The fourth-order valence-corrected chi connectivity index (χ4v) is 3.53. The van der Waals surface area contributed by atoms with Crippen LogP contribution in [-0.4, -0.2) is 28.2 Å². The molecule has 0 aromatic heterocycles. The molecule has 2 unspecified atom stereocenters. The topological polar surface area (TPSA) is 98.7 Å². The van der Waals surface area contributed by atoms with Gasteiger partial charge in [-0.15, -0.1) is 0 Å². The third-order valence-electron chi connectivity index (χ3n) is 5.19. The van der Waals surface area contributed by atoms with Crippen LogP contribution in [-0.2, 0) is 9.59 Å². The quantitative estimate of drug-likeness (QED) is 0.604. The maximum absolute atomic E-state index is 11.9. The van der Waals surface area contributed by atoms with Gasteiger partial charge in [0.15, 0.2) is 0 Å². The van der Waals surface area contributed by atoms with Gasteiger partial charge in [-0.2, -0.15) is 0 Å². The molecule has 4 N–H and O–H groups in total. The van der Waals surface area contributed by atoms with Crippen LogP contribution in [0.4, 0.5) is 11.4 Å². The summed E-state index contributed by atoms with van der Waals surface area (Å²) in [5.74, 6) is -2.72. The highest BCUT2D eigenvalue weighted by Gasteiger charge is 2.37. The van der Waals surface area contributed by atoms with E-state index in [0.29, 0.717) is 5.70 Å². The van der Waals surface area contributed by atoms with Crippen LogP contribution in [0.2, 0.25) is 0 Å². The van der Waals surface area contributed by atoms with Gasteiger partial charge in [-0.05, 0) is 37.1 Å². The SMILES string of the molecule is Cc1ccccc1NC1=C(C(=O)O)CC(Nc2ccccc2C)C(C(=O)O)C1. The molecule has 1 aliphatic rings. The van der Waals surface area contributed by atoms with Crippen molar-refractivity contribution in [3.8, 4) is 0 Å². The molecule has 2 atom stereocenters. The summed E-state index contributed by atoms with van der Waals surface area (Å²) in [4.78, 5) is 23.9. The Bertz CT molecular complexity index is 936. The summed E-state index contributed by atoms with van der Waals surface area (Å²) in [6, 6.07) is 14.6. The molecular formula is C22H24N2O4. The van der Waals surface area contributed by atoms with Crippen molar-refractivity contribution in [1.29, 1.82) is 0 Å². The number of carboxylic acid groups (broad SMARTS) is 2. The fraction of sp³-hybridized carbons (Fsp3) is 0.273. The van der Waals surface area contributed by atoms with E-state index in [1.807, 2.05) is 62.4 Å². The van der Waals surface area contributed by atoms with Crippen LogP contribution < -0.4 is 10.6 Å². The first kappa shape index (κ1) is 19.5. The molecule has 0 saturated heterocycles. The van der Waals surface area contributed by atoms with Gasteiger partial charge in [-0.25, -0.2) is 4.79 Å². The van der Waals surface area contributed by atoms with Crippen molar-refractivity contribution in [2.45, 2.75) is 32.7 Å². The molecule has 0 aliphatic heterocycles. The van der Waals surface area contributed by atoms with Crippen LogP contribution in [0.15, 0.2) is 59.8 Å². The molecule has 0 amide bonds. The number of benzene rings is 2. The second-order valence-corrected chi connectivity index (χ2v) is 7.12. The molecule has 3 rings (SSSR count). The summed E-state index contributed by atoms with van der Waals surface area (Å²) in [6.07, 6.45) is 0.240. The molecule has 0 saturated carbocycles. The molecule has 6 nitrogen and oxygen atoms in total. The predicted molar refractivity (Wildman–Crippen MR) is 108 cm³/mol. The minimum Gasteiger partial charge on any atom is -0.481 e. The second kappa shape index (κ2) is 8.17. The molecule has 0 radical (unpaired) electrons. The summed E-state index contributed by atoms with van der Waals surface area (Å²) < 4.78 is 0. The normalized spacial score (nSPS) is 19.2. The summed E-state index contributed by atoms with van der Waals surface area (Å²) in [5.41, 5.74) is 4.22. The Morgan fingerprint density at radius 1 is 0.893 bits per heavy atom. The summed E-state index contributed by atoms with van der Waals surface area (Å²) >= 11 is 0. The van der Waals surface area contributed by atoms with E-state index in [1.165, 1.54) is 0 Å². The molecule has 28 heavy (non-hydrogen) atoms. The van der Waals surface area contributed by atoms with Gasteiger partial charge in [-0.3, -0.25) is 4.79 Å². The summed E-state index contributed by atoms with van der Waals surface area (Å²) in [6.45, 7) is 3.85. The number of anilines is 2. The molecule has 0 spiro atoms. The monoisotopic (exact) mass is 380 g/mol. The first-order chi connectivity index (χ1) is 13.4. The lowest BCUT2D eigenvalue weighted by molar-refractivity contribution is -0.143. The number of para-hydroxylation sites is 2. The van der Waals surface area contributed by atoms with Crippen LogP contribution in [0.1, 0.15) is 24.0 Å². The van der Waals surface area contributed by atoms with Crippen molar-refractivity contribution < 1.29 is 19.8 Å². The number of carbonyl (C=O) groups is 2. The number of aliphatic carboxylic acids is 2. The highest BCUT2D eigenvalue weighted by Crippen LogP contribution is 2.34. The first-order valence-corrected chi connectivity index (χ1v) is 9.19. The fourth-order valence-electron chi connectivity index (χ4n) is 3.53. The first-order valence-electron chi connectivity index (χ1n) is 9.19. The number of allylic oxidation sites excluding steroid dienone is 1. The highest BCUT2D eigenvalue weighted by molar-refractivity contribution is 5.90. The zero-order valence-electron chi connectivity index (χ0n) is 15.9. The van der Waals surface area contributed by atoms with Gasteiger partial charge in [0, 0.05) is 36.0 Å². The van der Waals surface area contributed by atoms with E-state index in [9.17, 15) is 19.8 Å². The van der Waals surface area contributed by atoms with Crippen molar-refractivity contribution in [1.82, 2.24) is 0 Å². The maximum Gasteiger partial charge on any atom is 0.333 e. The van der Waals surface area contributed by atoms with Gasteiger partial charge in [0.2, 0.25) is 0 Å². The van der Waals surface area contributed by atoms with Crippen molar-refractivity contribution in [2.75, 3.05) is 10.6 Å². The van der Waals surface area contributed by atoms with E-state index in [0.717, 1.165) is 22.5 Å². The van der Waals surface area contributed by atoms with Gasteiger partial charge in [-0.1, -0.05) is 36.4 Å². The van der Waals surface area contributed by atoms with E-state index >= 15 is 0 Å². The number of hydrogen-bond donors (Lipinski definition) is 4. The Hall–Kier alpha value is -3.28. The Balaban J connectivity index is 1.94. The second-order valence-electron chi connectivity index (χ2n) is 7.12. The van der Waals surface area contributed by atoms with E-state index in [1.54, 1.807) is 0 Å². The summed E-state index contributed by atoms with van der Waals surface area (Å²) in [7, 11) is 0. The minimum atomic E-state index is -1.03.